The van der Waals surface area contributed by atoms with Gasteiger partial charge in [-0.2, -0.15) is 9.61 Å². The van der Waals surface area contributed by atoms with Gasteiger partial charge in [-0.15, -0.1) is 10.2 Å². The molecule has 0 radical (unpaired) electrons. The van der Waals surface area contributed by atoms with E-state index in [1.54, 1.807) is 34.8 Å². The van der Waals surface area contributed by atoms with Crippen LogP contribution in [0, 0.1) is 0 Å². The summed E-state index contributed by atoms with van der Waals surface area (Å²) in [6.45, 7) is 0. The van der Waals surface area contributed by atoms with Crippen LogP contribution in [0.25, 0.3) is 16.9 Å². The molecule has 0 atom stereocenters. The summed E-state index contributed by atoms with van der Waals surface area (Å²) in [5.41, 5.74) is 2.75. The summed E-state index contributed by atoms with van der Waals surface area (Å²) in [4.78, 5) is 12.4. The summed E-state index contributed by atoms with van der Waals surface area (Å²) >= 11 is 13.2. The second-order valence-electron chi connectivity index (χ2n) is 6.16. The number of nitrogens with one attached hydrogen (secondary N) is 1. The maximum atomic E-state index is 12.4. The Kier molecular flexibility index (Phi) is 6.08. The Hall–Kier alpha value is -2.81. The van der Waals surface area contributed by atoms with E-state index >= 15 is 0 Å². The number of thioether (sulfide) groups is 1. The zero-order valence-corrected chi connectivity index (χ0v) is 18.0. The SMILES string of the molecule is COc1ccc(Cl)cc1NC(=O)CSc1nnc2ccc(-c3ccc(Cl)cc3)nn12. The minimum absolute atomic E-state index is 0.114. The zero-order chi connectivity index (χ0) is 21.1. The van der Waals surface area contributed by atoms with Crippen LogP contribution in [-0.4, -0.2) is 38.6 Å². The van der Waals surface area contributed by atoms with Gasteiger partial charge in [-0.3, -0.25) is 4.79 Å². The number of anilines is 1. The van der Waals surface area contributed by atoms with Crippen molar-refractivity contribution < 1.29 is 9.53 Å². The molecule has 1 amide bonds. The molecule has 2 aromatic carbocycles. The lowest BCUT2D eigenvalue weighted by Crippen LogP contribution is -2.15. The van der Waals surface area contributed by atoms with Gasteiger partial charge in [0.25, 0.3) is 0 Å². The second kappa shape index (κ2) is 8.91. The summed E-state index contributed by atoms with van der Waals surface area (Å²) < 4.78 is 6.86. The molecule has 4 rings (SSSR count). The molecule has 0 saturated heterocycles. The molecule has 0 bridgehead atoms. The lowest BCUT2D eigenvalue weighted by molar-refractivity contribution is -0.113. The molecule has 7 nitrogen and oxygen atoms in total. The third-order valence-corrected chi connectivity index (χ3v) is 5.55. The first-order valence-electron chi connectivity index (χ1n) is 8.78. The highest BCUT2D eigenvalue weighted by Gasteiger charge is 2.13. The van der Waals surface area contributed by atoms with E-state index < -0.39 is 0 Å². The first-order chi connectivity index (χ1) is 14.5. The number of carbonyl (C=O) groups is 1. The minimum Gasteiger partial charge on any atom is -0.495 e. The van der Waals surface area contributed by atoms with Crippen molar-refractivity contribution in [3.8, 4) is 17.0 Å². The fourth-order valence-corrected chi connectivity index (χ4v) is 3.71. The van der Waals surface area contributed by atoms with E-state index in [9.17, 15) is 4.79 Å². The van der Waals surface area contributed by atoms with E-state index in [0.29, 0.717) is 32.3 Å². The van der Waals surface area contributed by atoms with E-state index in [1.165, 1.54) is 18.9 Å². The number of amides is 1. The zero-order valence-electron chi connectivity index (χ0n) is 15.7. The largest absolute Gasteiger partial charge is 0.495 e. The third kappa shape index (κ3) is 4.51. The van der Waals surface area contributed by atoms with Crippen molar-refractivity contribution >= 4 is 52.2 Å². The van der Waals surface area contributed by atoms with Gasteiger partial charge in [-0.05, 0) is 42.5 Å². The number of halogens is 2. The molecule has 2 aromatic heterocycles. The van der Waals surface area contributed by atoms with Crippen LogP contribution in [-0.2, 0) is 4.79 Å². The van der Waals surface area contributed by atoms with Gasteiger partial charge in [0.2, 0.25) is 11.1 Å². The summed E-state index contributed by atoms with van der Waals surface area (Å²) in [5, 5.41) is 17.3. The minimum atomic E-state index is -0.230. The normalized spacial score (nSPS) is 10.9. The van der Waals surface area contributed by atoms with Gasteiger partial charge in [0.15, 0.2) is 5.65 Å². The molecule has 0 aliphatic heterocycles. The molecule has 4 aromatic rings. The third-order valence-electron chi connectivity index (χ3n) is 4.14. The van der Waals surface area contributed by atoms with E-state index in [2.05, 4.69) is 20.6 Å². The highest BCUT2D eigenvalue weighted by Crippen LogP contribution is 2.28. The Morgan fingerprint density at radius 2 is 1.83 bits per heavy atom. The lowest BCUT2D eigenvalue weighted by atomic mass is 10.1. The molecule has 10 heteroatoms. The van der Waals surface area contributed by atoms with Crippen LogP contribution in [0.15, 0.2) is 59.8 Å². The summed E-state index contributed by atoms with van der Waals surface area (Å²) in [7, 11) is 1.53. The number of nitrogens with zero attached hydrogens (tertiary/aromatic N) is 4. The second-order valence-corrected chi connectivity index (χ2v) is 7.97. The Morgan fingerprint density at radius 3 is 2.60 bits per heavy atom. The maximum Gasteiger partial charge on any atom is 0.234 e. The van der Waals surface area contributed by atoms with Gasteiger partial charge >= 0.3 is 0 Å². The van der Waals surface area contributed by atoms with Gasteiger partial charge in [-0.1, -0.05) is 47.1 Å². The number of aromatic nitrogens is 4. The van der Waals surface area contributed by atoms with Crippen molar-refractivity contribution in [3.05, 3.63) is 64.6 Å². The monoisotopic (exact) mass is 459 g/mol. The number of hydrogen-bond donors (Lipinski definition) is 1. The van der Waals surface area contributed by atoms with Crippen LogP contribution in [0.5, 0.6) is 5.75 Å². The number of rotatable bonds is 6. The van der Waals surface area contributed by atoms with Gasteiger partial charge in [0.1, 0.15) is 5.75 Å². The topological polar surface area (TPSA) is 81.4 Å². The first-order valence-corrected chi connectivity index (χ1v) is 10.5. The predicted molar refractivity (Wildman–Crippen MR) is 119 cm³/mol. The fraction of sp³-hybridized carbons (Fsp3) is 0.100. The first kappa shape index (κ1) is 20.5. The van der Waals surface area contributed by atoms with Crippen LogP contribution in [0.3, 0.4) is 0 Å². The van der Waals surface area contributed by atoms with Crippen molar-refractivity contribution in [2.24, 2.45) is 0 Å². The van der Waals surface area contributed by atoms with Crippen LogP contribution in [0.4, 0.5) is 5.69 Å². The van der Waals surface area contributed by atoms with Gasteiger partial charge in [-0.25, -0.2) is 0 Å². The molecule has 30 heavy (non-hydrogen) atoms. The van der Waals surface area contributed by atoms with E-state index in [-0.39, 0.29) is 11.7 Å². The number of hydrogen-bond acceptors (Lipinski definition) is 6. The smallest absolute Gasteiger partial charge is 0.234 e. The molecule has 0 unspecified atom stereocenters. The Balaban J connectivity index is 1.50. The number of benzene rings is 2. The standard InChI is InChI=1S/C20H15Cl2N5O2S/c1-29-17-8-6-14(22)10-16(17)23-19(28)11-30-20-25-24-18-9-7-15(26-27(18)20)12-2-4-13(21)5-3-12/h2-10H,11H2,1H3,(H,23,28). The molecule has 1 N–H and O–H groups in total. The van der Waals surface area contributed by atoms with E-state index in [0.717, 1.165) is 11.3 Å². The molecule has 0 spiro atoms. The van der Waals surface area contributed by atoms with Crippen LogP contribution in [0.1, 0.15) is 0 Å². The van der Waals surface area contributed by atoms with Crippen molar-refractivity contribution in [1.29, 1.82) is 0 Å². The van der Waals surface area contributed by atoms with Crippen LogP contribution >= 0.6 is 35.0 Å². The van der Waals surface area contributed by atoms with Gasteiger partial charge < -0.3 is 10.1 Å². The van der Waals surface area contributed by atoms with Crippen molar-refractivity contribution in [3.63, 3.8) is 0 Å². The average Bonchev–Trinajstić information content (AvgIpc) is 3.15. The van der Waals surface area contributed by atoms with E-state index in [4.69, 9.17) is 27.9 Å². The fourth-order valence-electron chi connectivity index (χ4n) is 2.73. The van der Waals surface area contributed by atoms with Crippen molar-refractivity contribution in [1.82, 2.24) is 19.8 Å². The molecule has 0 saturated carbocycles. The number of ether oxygens (including phenoxy) is 1. The highest BCUT2D eigenvalue weighted by atomic mass is 35.5. The number of fused-ring (bicyclic) bond motifs is 1. The van der Waals surface area contributed by atoms with Gasteiger partial charge in [0, 0.05) is 15.6 Å². The van der Waals surface area contributed by atoms with E-state index in [1.807, 2.05) is 24.3 Å². The van der Waals surface area contributed by atoms with Crippen molar-refractivity contribution in [2.45, 2.75) is 5.16 Å². The maximum absolute atomic E-state index is 12.4. The number of carbonyl (C=O) groups excluding carboxylic acids is 1. The molecular formula is C20H15Cl2N5O2S. The summed E-state index contributed by atoms with van der Waals surface area (Å²) in [6, 6.07) is 16.1. The molecule has 152 valence electrons. The predicted octanol–water partition coefficient (Wildman–Crippen LogP) is 4.84. The molecule has 0 fully saturated rings. The lowest BCUT2D eigenvalue weighted by Gasteiger charge is -2.10. The highest BCUT2D eigenvalue weighted by molar-refractivity contribution is 7.99. The summed E-state index contributed by atoms with van der Waals surface area (Å²) in [5.74, 6) is 0.412. The van der Waals surface area contributed by atoms with Crippen molar-refractivity contribution in [2.75, 3.05) is 18.2 Å². The summed E-state index contributed by atoms with van der Waals surface area (Å²) in [6.07, 6.45) is 0. The Labute approximate surface area is 186 Å². The van der Waals surface area contributed by atoms with Crippen LogP contribution in [0.2, 0.25) is 10.0 Å². The molecule has 2 heterocycles. The molecule has 0 aliphatic carbocycles. The Morgan fingerprint density at radius 1 is 1.07 bits per heavy atom. The van der Waals surface area contributed by atoms with Crippen LogP contribution < -0.4 is 10.1 Å². The quantitative estimate of drug-likeness (QED) is 0.415. The van der Waals surface area contributed by atoms with Gasteiger partial charge in [0.05, 0.1) is 24.2 Å². The average molecular weight is 460 g/mol. The number of methoxy groups -OCH3 is 1. The molecule has 0 aliphatic rings. The Bertz CT molecular complexity index is 1210. The molecular weight excluding hydrogens is 445 g/mol.